The van der Waals surface area contributed by atoms with Crippen LogP contribution in [0.25, 0.3) is 0 Å². The van der Waals surface area contributed by atoms with Crippen molar-refractivity contribution in [2.45, 2.75) is 6.36 Å². The van der Waals surface area contributed by atoms with E-state index in [9.17, 15) is 18.0 Å². The average molecular weight is 284 g/mol. The predicted octanol–water partition coefficient (Wildman–Crippen LogP) is 2.92. The fraction of sp³-hybridized carbons (Fsp3) is 0.125. The van der Waals surface area contributed by atoms with Crippen LogP contribution >= 0.6 is 15.9 Å². The Morgan fingerprint density at radius 1 is 1.40 bits per heavy atom. The molecular weight excluding hydrogens is 279 g/mol. The lowest BCUT2D eigenvalue weighted by Crippen LogP contribution is -2.18. The van der Waals surface area contributed by atoms with E-state index in [-0.39, 0.29) is 12.1 Å². The molecule has 0 radical (unpaired) electrons. The molecule has 1 aromatic rings. The van der Waals surface area contributed by atoms with E-state index in [1.165, 1.54) is 12.1 Å². The Labute approximate surface area is 91.4 Å². The SMILES string of the molecule is O=CNc1ccc(Br)cc1OC(F)(F)F. The van der Waals surface area contributed by atoms with Crippen molar-refractivity contribution in [2.24, 2.45) is 0 Å². The number of amides is 1. The number of hydrogen-bond donors (Lipinski definition) is 1. The summed E-state index contributed by atoms with van der Waals surface area (Å²) in [5, 5.41) is 2.10. The van der Waals surface area contributed by atoms with Crippen LogP contribution < -0.4 is 10.1 Å². The van der Waals surface area contributed by atoms with E-state index in [0.29, 0.717) is 4.47 Å². The number of hydrogen-bond acceptors (Lipinski definition) is 2. The van der Waals surface area contributed by atoms with Crippen LogP contribution in [0.3, 0.4) is 0 Å². The number of ether oxygens (including phenoxy) is 1. The van der Waals surface area contributed by atoms with Gasteiger partial charge < -0.3 is 10.1 Å². The van der Waals surface area contributed by atoms with Crippen LogP contribution in [-0.4, -0.2) is 12.8 Å². The molecule has 82 valence electrons. The highest BCUT2D eigenvalue weighted by molar-refractivity contribution is 9.10. The molecule has 0 atom stereocenters. The third kappa shape index (κ3) is 3.78. The zero-order valence-corrected chi connectivity index (χ0v) is 8.72. The van der Waals surface area contributed by atoms with Crippen molar-refractivity contribution in [3.05, 3.63) is 22.7 Å². The minimum atomic E-state index is -4.79. The zero-order chi connectivity index (χ0) is 11.5. The zero-order valence-electron chi connectivity index (χ0n) is 7.14. The van der Waals surface area contributed by atoms with Crippen molar-refractivity contribution in [2.75, 3.05) is 5.32 Å². The standard InChI is InChI=1S/C8H5BrF3NO2/c9-5-1-2-6(13-4-14)7(3-5)15-8(10,11)12/h1-4H,(H,13,14). The number of halogens is 4. The van der Waals surface area contributed by atoms with Gasteiger partial charge in [0, 0.05) is 4.47 Å². The number of anilines is 1. The third-order valence-corrected chi connectivity index (χ3v) is 1.88. The van der Waals surface area contributed by atoms with Gasteiger partial charge in [0.05, 0.1) is 5.69 Å². The van der Waals surface area contributed by atoms with Gasteiger partial charge in [-0.3, -0.25) is 4.79 Å². The van der Waals surface area contributed by atoms with Crippen LogP contribution in [-0.2, 0) is 4.79 Å². The second-order valence-corrected chi connectivity index (χ2v) is 3.37. The summed E-state index contributed by atoms with van der Waals surface area (Å²) < 4.78 is 39.9. The minimum absolute atomic E-state index is 0.0504. The highest BCUT2D eigenvalue weighted by atomic mass is 79.9. The quantitative estimate of drug-likeness (QED) is 0.867. The summed E-state index contributed by atoms with van der Waals surface area (Å²) in [6.07, 6.45) is -4.52. The van der Waals surface area contributed by atoms with Crippen LogP contribution in [0.1, 0.15) is 0 Å². The molecule has 0 aliphatic carbocycles. The second kappa shape index (κ2) is 4.52. The van der Waals surface area contributed by atoms with Crippen LogP contribution in [0.2, 0.25) is 0 Å². The molecule has 1 amide bonds. The summed E-state index contributed by atoms with van der Waals surface area (Å²) >= 11 is 2.99. The van der Waals surface area contributed by atoms with Crippen LogP contribution in [0.5, 0.6) is 5.75 Å². The van der Waals surface area contributed by atoms with Gasteiger partial charge in [-0.1, -0.05) is 15.9 Å². The topological polar surface area (TPSA) is 38.3 Å². The Morgan fingerprint density at radius 2 is 2.07 bits per heavy atom. The van der Waals surface area contributed by atoms with E-state index < -0.39 is 12.1 Å². The first-order valence-corrected chi connectivity index (χ1v) is 4.47. The van der Waals surface area contributed by atoms with Crippen molar-refractivity contribution in [1.82, 2.24) is 0 Å². The van der Waals surface area contributed by atoms with Crippen LogP contribution in [0, 0.1) is 0 Å². The number of carbonyl (C=O) groups excluding carboxylic acids is 1. The van der Waals surface area contributed by atoms with E-state index in [2.05, 4.69) is 26.0 Å². The summed E-state index contributed by atoms with van der Waals surface area (Å²) in [6, 6.07) is 3.88. The maximum atomic E-state index is 11.9. The molecule has 0 aliphatic rings. The summed E-state index contributed by atoms with van der Waals surface area (Å²) in [5.41, 5.74) is -0.0504. The fourth-order valence-corrected chi connectivity index (χ4v) is 1.23. The van der Waals surface area contributed by atoms with Crippen molar-refractivity contribution in [3.8, 4) is 5.75 Å². The maximum Gasteiger partial charge on any atom is 0.573 e. The van der Waals surface area contributed by atoms with E-state index in [1.54, 1.807) is 0 Å². The summed E-state index contributed by atoms with van der Waals surface area (Å²) in [5.74, 6) is -0.469. The van der Waals surface area contributed by atoms with Crippen molar-refractivity contribution in [1.29, 1.82) is 0 Å². The first kappa shape index (κ1) is 11.8. The van der Waals surface area contributed by atoms with E-state index in [4.69, 9.17) is 0 Å². The molecule has 1 N–H and O–H groups in total. The Morgan fingerprint density at radius 3 is 2.60 bits per heavy atom. The smallest absolute Gasteiger partial charge is 0.404 e. The van der Waals surface area contributed by atoms with Gasteiger partial charge in [-0.2, -0.15) is 0 Å². The summed E-state index contributed by atoms with van der Waals surface area (Å²) in [4.78, 5) is 10.1. The van der Waals surface area contributed by atoms with Crippen LogP contribution in [0.15, 0.2) is 22.7 Å². The Bertz CT molecular complexity index is 367. The number of nitrogens with one attached hydrogen (secondary N) is 1. The van der Waals surface area contributed by atoms with Gasteiger partial charge in [-0.25, -0.2) is 0 Å². The summed E-state index contributed by atoms with van der Waals surface area (Å²) in [7, 11) is 0. The second-order valence-electron chi connectivity index (χ2n) is 2.45. The van der Waals surface area contributed by atoms with E-state index >= 15 is 0 Å². The molecule has 0 saturated carbocycles. The maximum absolute atomic E-state index is 11.9. The molecule has 1 aromatic carbocycles. The first-order chi connectivity index (χ1) is 6.92. The van der Waals surface area contributed by atoms with Gasteiger partial charge in [-0.05, 0) is 18.2 Å². The van der Waals surface area contributed by atoms with Crippen molar-refractivity contribution >= 4 is 28.0 Å². The van der Waals surface area contributed by atoms with E-state index in [0.717, 1.165) is 6.07 Å². The third-order valence-electron chi connectivity index (χ3n) is 1.38. The van der Waals surface area contributed by atoms with E-state index in [1.807, 2.05) is 0 Å². The van der Waals surface area contributed by atoms with Crippen LogP contribution in [0.4, 0.5) is 18.9 Å². The number of carbonyl (C=O) groups is 1. The van der Waals surface area contributed by atoms with Gasteiger partial charge >= 0.3 is 6.36 Å². The summed E-state index contributed by atoms with van der Waals surface area (Å²) in [6.45, 7) is 0. The molecule has 3 nitrogen and oxygen atoms in total. The monoisotopic (exact) mass is 283 g/mol. The molecule has 0 saturated heterocycles. The fourth-order valence-electron chi connectivity index (χ4n) is 0.888. The molecule has 15 heavy (non-hydrogen) atoms. The molecule has 0 aromatic heterocycles. The lowest BCUT2D eigenvalue weighted by atomic mass is 10.3. The molecule has 0 fully saturated rings. The van der Waals surface area contributed by atoms with Crippen molar-refractivity contribution in [3.63, 3.8) is 0 Å². The molecule has 0 unspecified atom stereocenters. The predicted molar refractivity (Wildman–Crippen MR) is 50.5 cm³/mol. The first-order valence-electron chi connectivity index (χ1n) is 3.68. The Kier molecular flexibility index (Phi) is 3.57. The number of rotatable bonds is 3. The van der Waals surface area contributed by atoms with Gasteiger partial charge in [0.25, 0.3) is 0 Å². The molecular formula is C8H5BrF3NO2. The molecule has 0 aliphatic heterocycles. The largest absolute Gasteiger partial charge is 0.573 e. The van der Waals surface area contributed by atoms with Gasteiger partial charge in [0.15, 0.2) is 5.75 Å². The highest BCUT2D eigenvalue weighted by Crippen LogP contribution is 2.32. The molecule has 0 spiro atoms. The molecule has 0 heterocycles. The van der Waals surface area contributed by atoms with Crippen molar-refractivity contribution < 1.29 is 22.7 Å². The number of alkyl halides is 3. The lowest BCUT2D eigenvalue weighted by Gasteiger charge is -2.12. The Hall–Kier alpha value is -1.24. The lowest BCUT2D eigenvalue weighted by molar-refractivity contribution is -0.274. The van der Waals surface area contributed by atoms with Gasteiger partial charge in [-0.15, -0.1) is 13.2 Å². The van der Waals surface area contributed by atoms with Gasteiger partial charge in [0.1, 0.15) is 0 Å². The molecule has 1 rings (SSSR count). The number of benzene rings is 1. The minimum Gasteiger partial charge on any atom is -0.404 e. The Balaban J connectivity index is 3.01. The van der Waals surface area contributed by atoms with Gasteiger partial charge in [0.2, 0.25) is 6.41 Å². The molecule has 0 bridgehead atoms. The highest BCUT2D eigenvalue weighted by Gasteiger charge is 2.32. The normalized spacial score (nSPS) is 10.9. The average Bonchev–Trinajstić information content (AvgIpc) is 2.07. The molecule has 7 heteroatoms.